The number of rotatable bonds is 8. The van der Waals surface area contributed by atoms with Crippen molar-refractivity contribution in [1.29, 1.82) is 0 Å². The lowest BCUT2D eigenvalue weighted by Crippen LogP contribution is -2.22. The van der Waals surface area contributed by atoms with Gasteiger partial charge in [-0.15, -0.1) is 0 Å². The molecule has 0 bridgehead atoms. The third-order valence-electron chi connectivity index (χ3n) is 3.25. The minimum atomic E-state index is -0.482. The molecule has 0 amide bonds. The SMILES string of the molecule is C=C(C)C(=O)OCCOC(=O)C[S+](c1ccccc1)c1ccccc1. The van der Waals surface area contributed by atoms with Crippen LogP contribution in [0.3, 0.4) is 0 Å². The lowest BCUT2D eigenvalue weighted by molar-refractivity contribution is -0.148. The second kappa shape index (κ2) is 9.69. The van der Waals surface area contributed by atoms with E-state index >= 15 is 0 Å². The molecule has 25 heavy (non-hydrogen) atoms. The summed E-state index contributed by atoms with van der Waals surface area (Å²) in [5.74, 6) is -0.547. The van der Waals surface area contributed by atoms with Gasteiger partial charge in [-0.25, -0.2) is 9.59 Å². The lowest BCUT2D eigenvalue weighted by Gasteiger charge is -2.09. The summed E-state index contributed by atoms with van der Waals surface area (Å²) in [5, 5.41) is 0. The van der Waals surface area contributed by atoms with E-state index < -0.39 is 16.9 Å². The number of benzene rings is 2. The van der Waals surface area contributed by atoms with Crippen molar-refractivity contribution < 1.29 is 19.1 Å². The molecular weight excluding hydrogens is 336 g/mol. The average Bonchev–Trinajstić information content (AvgIpc) is 2.64. The fraction of sp³-hybridized carbons (Fsp3) is 0.200. The van der Waals surface area contributed by atoms with Crippen molar-refractivity contribution in [2.75, 3.05) is 19.0 Å². The van der Waals surface area contributed by atoms with Gasteiger partial charge in [0.25, 0.3) is 0 Å². The first kappa shape index (κ1) is 18.8. The van der Waals surface area contributed by atoms with Crippen LogP contribution in [0.15, 0.2) is 82.6 Å². The molecule has 0 unspecified atom stereocenters. The minimum absolute atomic E-state index is 0.0296. The molecule has 0 atom stereocenters. The molecule has 4 nitrogen and oxygen atoms in total. The van der Waals surface area contributed by atoms with E-state index in [1.54, 1.807) is 6.92 Å². The van der Waals surface area contributed by atoms with Gasteiger partial charge >= 0.3 is 11.9 Å². The first-order valence-corrected chi connectivity index (χ1v) is 9.26. The zero-order chi connectivity index (χ0) is 18.1. The first-order chi connectivity index (χ1) is 12.1. The molecule has 0 spiro atoms. The molecule has 2 rings (SSSR count). The zero-order valence-corrected chi connectivity index (χ0v) is 15.0. The standard InChI is InChI=1S/C20H21O4S/c1-16(2)20(22)24-14-13-23-19(21)15-25(17-9-5-3-6-10-17)18-11-7-4-8-12-18/h3-12H,1,13-15H2,2H3/q+1. The maximum atomic E-state index is 12.2. The van der Waals surface area contributed by atoms with Crippen LogP contribution in [0.25, 0.3) is 0 Å². The molecule has 0 saturated carbocycles. The Morgan fingerprint density at radius 1 is 0.880 bits per heavy atom. The van der Waals surface area contributed by atoms with Crippen LogP contribution in [0.2, 0.25) is 0 Å². The van der Waals surface area contributed by atoms with Gasteiger partial charge in [-0.05, 0) is 31.2 Å². The quantitative estimate of drug-likeness (QED) is 0.315. The smallest absolute Gasteiger partial charge is 0.357 e. The largest absolute Gasteiger partial charge is 0.459 e. The van der Waals surface area contributed by atoms with Crippen molar-refractivity contribution in [2.45, 2.75) is 16.7 Å². The van der Waals surface area contributed by atoms with Gasteiger partial charge < -0.3 is 9.47 Å². The number of carbonyl (C=O) groups is 2. The van der Waals surface area contributed by atoms with Crippen molar-refractivity contribution in [3.05, 3.63) is 72.8 Å². The summed E-state index contributed by atoms with van der Waals surface area (Å²) in [5.41, 5.74) is 0.320. The normalized spacial score (nSPS) is 10.3. The lowest BCUT2D eigenvalue weighted by atomic mass is 10.4. The van der Waals surface area contributed by atoms with Gasteiger partial charge in [0.2, 0.25) is 5.75 Å². The van der Waals surface area contributed by atoms with Crippen LogP contribution in [0.5, 0.6) is 0 Å². The number of hydrogen-bond donors (Lipinski definition) is 0. The highest BCUT2D eigenvalue weighted by Crippen LogP contribution is 2.23. The molecule has 0 aliphatic carbocycles. The Morgan fingerprint density at radius 3 is 1.84 bits per heavy atom. The fourth-order valence-electron chi connectivity index (χ4n) is 2.04. The molecule has 0 radical (unpaired) electrons. The van der Waals surface area contributed by atoms with Gasteiger partial charge in [0.15, 0.2) is 9.79 Å². The number of carbonyl (C=O) groups excluding carboxylic acids is 2. The van der Waals surface area contributed by atoms with Gasteiger partial charge in [-0.2, -0.15) is 0 Å². The van der Waals surface area contributed by atoms with Crippen LogP contribution in [0.1, 0.15) is 6.92 Å². The second-order valence-corrected chi connectivity index (χ2v) is 7.31. The topological polar surface area (TPSA) is 52.6 Å². The Labute approximate surface area is 150 Å². The Bertz CT molecular complexity index is 673. The number of ether oxygens (including phenoxy) is 2. The zero-order valence-electron chi connectivity index (χ0n) is 14.1. The van der Waals surface area contributed by atoms with Crippen molar-refractivity contribution in [1.82, 2.24) is 0 Å². The molecule has 0 aliphatic heterocycles. The molecule has 0 aliphatic rings. The van der Waals surface area contributed by atoms with E-state index in [4.69, 9.17) is 9.47 Å². The molecule has 0 saturated heterocycles. The molecule has 2 aromatic rings. The van der Waals surface area contributed by atoms with Crippen LogP contribution in [0, 0.1) is 0 Å². The maximum Gasteiger partial charge on any atom is 0.357 e. The Kier molecular flexibility index (Phi) is 7.29. The Balaban J connectivity index is 1.94. The molecule has 0 fully saturated rings. The van der Waals surface area contributed by atoms with Crippen LogP contribution in [-0.4, -0.2) is 30.9 Å². The highest BCUT2D eigenvalue weighted by molar-refractivity contribution is 7.97. The Morgan fingerprint density at radius 2 is 1.36 bits per heavy atom. The maximum absolute atomic E-state index is 12.2. The van der Waals surface area contributed by atoms with E-state index in [2.05, 4.69) is 6.58 Å². The average molecular weight is 357 g/mol. The minimum Gasteiger partial charge on any atom is -0.459 e. The van der Waals surface area contributed by atoms with Crippen molar-refractivity contribution in [2.24, 2.45) is 0 Å². The predicted octanol–water partition coefficient (Wildman–Crippen LogP) is 3.39. The molecule has 0 aromatic heterocycles. The van der Waals surface area contributed by atoms with Gasteiger partial charge in [0.1, 0.15) is 13.2 Å². The van der Waals surface area contributed by atoms with E-state index in [-0.39, 0.29) is 24.9 Å². The van der Waals surface area contributed by atoms with Gasteiger partial charge in [-0.3, -0.25) is 0 Å². The van der Waals surface area contributed by atoms with Crippen molar-refractivity contribution >= 4 is 22.8 Å². The van der Waals surface area contributed by atoms with Gasteiger partial charge in [0, 0.05) is 5.57 Å². The second-order valence-electron chi connectivity index (χ2n) is 5.30. The van der Waals surface area contributed by atoms with E-state index in [1.807, 2.05) is 60.7 Å². The summed E-state index contributed by atoms with van der Waals surface area (Å²) in [6.45, 7) is 5.13. The molecular formula is C20H21O4S+. The first-order valence-electron chi connectivity index (χ1n) is 7.87. The van der Waals surface area contributed by atoms with Gasteiger partial charge in [0.05, 0.1) is 10.9 Å². The monoisotopic (exact) mass is 357 g/mol. The van der Waals surface area contributed by atoms with Crippen LogP contribution in [-0.2, 0) is 30.0 Å². The van der Waals surface area contributed by atoms with E-state index in [0.717, 1.165) is 9.79 Å². The number of hydrogen-bond acceptors (Lipinski definition) is 4. The van der Waals surface area contributed by atoms with Gasteiger partial charge in [-0.1, -0.05) is 43.0 Å². The molecule has 0 heterocycles. The van der Waals surface area contributed by atoms with Crippen molar-refractivity contribution in [3.63, 3.8) is 0 Å². The highest BCUT2D eigenvalue weighted by atomic mass is 32.2. The summed E-state index contributed by atoms with van der Waals surface area (Å²) >= 11 is 0. The fourth-order valence-corrected chi connectivity index (χ4v) is 3.94. The van der Waals surface area contributed by atoms with Crippen LogP contribution >= 0.6 is 0 Å². The van der Waals surface area contributed by atoms with E-state index in [9.17, 15) is 9.59 Å². The highest BCUT2D eigenvalue weighted by Gasteiger charge is 2.29. The third kappa shape index (κ3) is 6.12. The van der Waals surface area contributed by atoms with E-state index in [1.165, 1.54) is 0 Å². The Hall–Kier alpha value is -2.53. The molecule has 0 N–H and O–H groups in total. The summed E-state index contributed by atoms with van der Waals surface area (Å²) in [4.78, 5) is 25.6. The van der Waals surface area contributed by atoms with E-state index in [0.29, 0.717) is 5.57 Å². The number of esters is 2. The molecule has 5 heteroatoms. The predicted molar refractivity (Wildman–Crippen MR) is 98.4 cm³/mol. The summed E-state index contributed by atoms with van der Waals surface area (Å²) < 4.78 is 10.1. The summed E-state index contributed by atoms with van der Waals surface area (Å²) in [7, 11) is -0.399. The van der Waals surface area contributed by atoms with Crippen LogP contribution in [0.4, 0.5) is 0 Å². The summed E-state index contributed by atoms with van der Waals surface area (Å²) in [6, 6.07) is 19.8. The molecule has 130 valence electrons. The molecule has 2 aromatic carbocycles. The van der Waals surface area contributed by atoms with Crippen LogP contribution < -0.4 is 0 Å². The van der Waals surface area contributed by atoms with Crippen molar-refractivity contribution in [3.8, 4) is 0 Å². The third-order valence-corrected chi connectivity index (χ3v) is 5.45. The summed E-state index contributed by atoms with van der Waals surface area (Å²) in [6.07, 6.45) is 0.